The van der Waals surface area contributed by atoms with Crippen LogP contribution in [0.3, 0.4) is 0 Å². The van der Waals surface area contributed by atoms with Crippen molar-refractivity contribution in [3.05, 3.63) is 23.8 Å². The van der Waals surface area contributed by atoms with E-state index in [1.165, 1.54) is 0 Å². The van der Waals surface area contributed by atoms with Gasteiger partial charge in [0.15, 0.2) is 0 Å². The molecule has 4 aliphatic carbocycles. The fourth-order valence-electron chi connectivity index (χ4n) is 8.10. The molecule has 7 atom stereocenters. The lowest BCUT2D eigenvalue weighted by Gasteiger charge is -2.63. The zero-order valence-electron chi connectivity index (χ0n) is 18.4. The van der Waals surface area contributed by atoms with Gasteiger partial charge in [-0.1, -0.05) is 26.0 Å². The lowest BCUT2D eigenvalue weighted by atomic mass is 9.40. The Bertz CT molecular complexity index is 782. The summed E-state index contributed by atoms with van der Waals surface area (Å²) in [6, 6.07) is 0. The van der Waals surface area contributed by atoms with Crippen LogP contribution in [0.4, 0.5) is 0 Å². The minimum Gasteiger partial charge on any atom is -0.481 e. The van der Waals surface area contributed by atoms with E-state index in [2.05, 4.69) is 13.5 Å². The largest absolute Gasteiger partial charge is 0.481 e. The molecular weight excluding hydrogens is 364 g/mol. The van der Waals surface area contributed by atoms with Gasteiger partial charge in [0.2, 0.25) is 0 Å². The maximum absolute atomic E-state index is 12.7. The molecule has 4 nitrogen and oxygen atoms in total. The van der Waals surface area contributed by atoms with Gasteiger partial charge in [0.05, 0.1) is 5.41 Å². The van der Waals surface area contributed by atoms with Crippen LogP contribution in [0.5, 0.6) is 0 Å². The topological polar surface area (TPSA) is 63.6 Å². The van der Waals surface area contributed by atoms with Gasteiger partial charge in [0.25, 0.3) is 0 Å². The highest BCUT2D eigenvalue weighted by Crippen LogP contribution is 2.72. The quantitative estimate of drug-likeness (QED) is 0.384. The van der Waals surface area contributed by atoms with Gasteiger partial charge in [0.1, 0.15) is 6.10 Å². The van der Waals surface area contributed by atoms with E-state index >= 15 is 0 Å². The Hall–Kier alpha value is -1.58. The van der Waals surface area contributed by atoms with Crippen LogP contribution in [0, 0.1) is 34.0 Å². The fourth-order valence-corrected chi connectivity index (χ4v) is 8.10. The highest BCUT2D eigenvalue weighted by molar-refractivity contribution is 5.88. The molecule has 0 heterocycles. The first-order valence-corrected chi connectivity index (χ1v) is 11.4. The molecule has 4 heteroatoms. The summed E-state index contributed by atoms with van der Waals surface area (Å²) in [6.07, 6.45) is 9.50. The van der Waals surface area contributed by atoms with Gasteiger partial charge < -0.3 is 9.84 Å². The standard InChI is InChI=1S/C25H36O4/c1-6-15(2)21(26)29-20-16(3)17-8-9-19-23(4)11-7-12-24(5,22(27)28)18(23)10-13-25(19,20)14-17/h6,17-20H,3,7-14H2,1-2,4-5H3,(H,27,28)/b15-6-/t17?,18?,19?,20-,23-,24-,25?/m1/s1. The number of ether oxygens (including phenoxy) is 1. The molecule has 0 amide bonds. The zero-order valence-corrected chi connectivity index (χ0v) is 18.4. The van der Waals surface area contributed by atoms with E-state index in [-0.39, 0.29) is 28.8 Å². The molecule has 160 valence electrons. The molecular formula is C25H36O4. The van der Waals surface area contributed by atoms with Gasteiger partial charge in [-0.2, -0.15) is 0 Å². The van der Waals surface area contributed by atoms with Crippen molar-refractivity contribution in [3.63, 3.8) is 0 Å². The summed E-state index contributed by atoms with van der Waals surface area (Å²) < 4.78 is 6.15. The van der Waals surface area contributed by atoms with Crippen LogP contribution in [0.15, 0.2) is 23.8 Å². The molecule has 2 bridgehead atoms. The van der Waals surface area contributed by atoms with Crippen LogP contribution < -0.4 is 0 Å². The first-order valence-electron chi connectivity index (χ1n) is 11.4. The summed E-state index contributed by atoms with van der Waals surface area (Å²) in [5.74, 6) is 0.151. The summed E-state index contributed by atoms with van der Waals surface area (Å²) in [4.78, 5) is 25.0. The molecule has 0 aromatic carbocycles. The Morgan fingerprint density at radius 1 is 1.14 bits per heavy atom. The minimum atomic E-state index is -0.644. The van der Waals surface area contributed by atoms with Gasteiger partial charge in [0, 0.05) is 11.0 Å². The summed E-state index contributed by atoms with van der Waals surface area (Å²) in [5, 5.41) is 10.1. The fraction of sp³-hybridized carbons (Fsp3) is 0.760. The number of hydrogen-bond donors (Lipinski definition) is 1. The highest BCUT2D eigenvalue weighted by Gasteiger charge is 2.68. The van der Waals surface area contributed by atoms with E-state index in [1.54, 1.807) is 13.0 Å². The van der Waals surface area contributed by atoms with E-state index in [0.29, 0.717) is 17.4 Å². The van der Waals surface area contributed by atoms with E-state index in [4.69, 9.17) is 4.74 Å². The molecule has 0 aromatic rings. The lowest BCUT2D eigenvalue weighted by Crippen LogP contribution is -2.60. The molecule has 4 fully saturated rings. The van der Waals surface area contributed by atoms with Crippen LogP contribution in [0.1, 0.15) is 79.1 Å². The Kier molecular flexibility index (Phi) is 4.79. The zero-order chi connectivity index (χ0) is 21.2. The van der Waals surface area contributed by atoms with Gasteiger partial charge in [-0.05, 0) is 94.5 Å². The maximum atomic E-state index is 12.7. The summed E-state index contributed by atoms with van der Waals surface area (Å²) in [7, 11) is 0. The predicted molar refractivity (Wildman–Crippen MR) is 112 cm³/mol. The third-order valence-corrected chi connectivity index (χ3v) is 9.65. The Balaban J connectivity index is 1.73. The van der Waals surface area contributed by atoms with E-state index < -0.39 is 11.4 Å². The monoisotopic (exact) mass is 400 g/mol. The van der Waals surface area contributed by atoms with Crippen molar-refractivity contribution in [3.8, 4) is 0 Å². The molecule has 0 aliphatic heterocycles. The number of carbonyl (C=O) groups is 2. The van der Waals surface area contributed by atoms with Crippen LogP contribution in [0.2, 0.25) is 0 Å². The van der Waals surface area contributed by atoms with Crippen molar-refractivity contribution in [2.24, 2.45) is 34.0 Å². The summed E-state index contributed by atoms with van der Waals surface area (Å²) in [5.41, 5.74) is 1.02. The molecule has 4 aliphatic rings. The maximum Gasteiger partial charge on any atom is 0.333 e. The second-order valence-electron chi connectivity index (χ2n) is 10.8. The molecule has 1 spiro atoms. The molecule has 29 heavy (non-hydrogen) atoms. The summed E-state index contributed by atoms with van der Waals surface area (Å²) in [6.45, 7) is 12.4. The number of hydrogen-bond acceptors (Lipinski definition) is 3. The van der Waals surface area contributed by atoms with Gasteiger partial charge in [-0.15, -0.1) is 0 Å². The molecule has 4 unspecified atom stereocenters. The SMILES string of the molecule is C=C1C2CCC3C(CCC4[C@@]3(C)CCC[C@@]4(C)C(=O)O)(C2)[C@@H]1OC(=O)/C(C)=C\C. The molecule has 0 saturated heterocycles. The van der Waals surface area contributed by atoms with Crippen molar-refractivity contribution >= 4 is 11.9 Å². The minimum absolute atomic E-state index is 0.0144. The van der Waals surface area contributed by atoms with Crippen molar-refractivity contribution in [2.75, 3.05) is 0 Å². The number of esters is 1. The Morgan fingerprint density at radius 2 is 1.86 bits per heavy atom. The number of rotatable bonds is 3. The smallest absolute Gasteiger partial charge is 0.333 e. The Morgan fingerprint density at radius 3 is 2.52 bits per heavy atom. The van der Waals surface area contributed by atoms with Gasteiger partial charge in [-0.3, -0.25) is 4.79 Å². The van der Waals surface area contributed by atoms with Crippen molar-refractivity contribution in [1.29, 1.82) is 0 Å². The number of aliphatic carboxylic acids is 1. The number of allylic oxidation sites excluding steroid dienone is 1. The van der Waals surface area contributed by atoms with Crippen LogP contribution in [0.25, 0.3) is 0 Å². The highest BCUT2D eigenvalue weighted by atomic mass is 16.5. The average molecular weight is 401 g/mol. The van der Waals surface area contributed by atoms with Crippen LogP contribution in [-0.4, -0.2) is 23.1 Å². The molecule has 4 saturated carbocycles. The third kappa shape index (κ3) is 2.70. The van der Waals surface area contributed by atoms with Gasteiger partial charge >= 0.3 is 11.9 Å². The van der Waals surface area contributed by atoms with Crippen LogP contribution in [-0.2, 0) is 14.3 Å². The van der Waals surface area contributed by atoms with E-state index in [9.17, 15) is 14.7 Å². The van der Waals surface area contributed by atoms with Crippen molar-refractivity contribution in [1.82, 2.24) is 0 Å². The number of carboxylic acids is 1. The van der Waals surface area contributed by atoms with Crippen LogP contribution >= 0.6 is 0 Å². The molecule has 4 rings (SSSR count). The second-order valence-corrected chi connectivity index (χ2v) is 10.8. The molecule has 0 radical (unpaired) electrons. The average Bonchev–Trinajstić information content (AvgIpc) is 2.87. The molecule has 1 N–H and O–H groups in total. The first-order chi connectivity index (χ1) is 13.6. The molecule has 0 aromatic heterocycles. The summed E-state index contributed by atoms with van der Waals surface area (Å²) >= 11 is 0. The predicted octanol–water partition coefficient (Wildman–Crippen LogP) is 5.53. The van der Waals surface area contributed by atoms with Crippen molar-refractivity contribution in [2.45, 2.75) is 85.2 Å². The Labute approximate surface area is 174 Å². The van der Waals surface area contributed by atoms with Gasteiger partial charge in [-0.25, -0.2) is 4.79 Å². The third-order valence-electron chi connectivity index (χ3n) is 9.65. The number of carbonyl (C=O) groups excluding carboxylic acids is 1. The first kappa shape index (κ1) is 20.7. The number of fused-ring (bicyclic) bond motifs is 3. The lowest BCUT2D eigenvalue weighted by molar-refractivity contribution is -0.195. The second kappa shape index (κ2) is 6.72. The van der Waals surface area contributed by atoms with Crippen molar-refractivity contribution < 1.29 is 19.4 Å². The normalized spacial score (nSPS) is 46.6. The van der Waals surface area contributed by atoms with E-state index in [0.717, 1.165) is 56.9 Å². The van der Waals surface area contributed by atoms with E-state index in [1.807, 2.05) is 13.8 Å². The number of carboxylic acid groups (broad SMARTS) is 1.